The average Bonchev–Trinajstić information content (AvgIpc) is 3.34. The van der Waals surface area contributed by atoms with Gasteiger partial charge in [-0.15, -0.1) is 0 Å². The molecule has 1 aromatic heterocycles. The zero-order chi connectivity index (χ0) is 19.1. The van der Waals surface area contributed by atoms with Gasteiger partial charge in [-0.05, 0) is 37.3 Å². The molecule has 6 nitrogen and oxygen atoms in total. The highest BCUT2D eigenvalue weighted by Crippen LogP contribution is 2.31. The van der Waals surface area contributed by atoms with E-state index >= 15 is 0 Å². The first-order valence-corrected chi connectivity index (χ1v) is 10.2. The summed E-state index contributed by atoms with van der Waals surface area (Å²) in [5.41, 5.74) is 7.97. The monoisotopic (exact) mass is 369 g/mol. The molecule has 0 spiro atoms. The molecule has 3 N–H and O–H groups in total. The fourth-order valence-corrected chi connectivity index (χ4v) is 3.77. The molecule has 3 rings (SSSR count). The van der Waals surface area contributed by atoms with Crippen LogP contribution in [0.4, 0.5) is 0 Å². The first-order chi connectivity index (χ1) is 13.2. The zero-order valence-corrected chi connectivity index (χ0v) is 16.3. The summed E-state index contributed by atoms with van der Waals surface area (Å²) in [6, 6.07) is 8.35. The predicted molar refractivity (Wildman–Crippen MR) is 107 cm³/mol. The highest BCUT2D eigenvalue weighted by molar-refractivity contribution is 5.75. The third kappa shape index (κ3) is 5.08. The van der Waals surface area contributed by atoms with Gasteiger partial charge in [0, 0.05) is 12.1 Å². The van der Waals surface area contributed by atoms with Gasteiger partial charge in [0.1, 0.15) is 6.04 Å². The molecule has 0 bridgehead atoms. The summed E-state index contributed by atoms with van der Waals surface area (Å²) in [4.78, 5) is 6.42. The normalized spacial score (nSPS) is 16.8. The van der Waals surface area contributed by atoms with Crippen LogP contribution < -0.4 is 5.73 Å². The van der Waals surface area contributed by atoms with Crippen molar-refractivity contribution in [2.45, 2.75) is 70.8 Å². The van der Waals surface area contributed by atoms with E-state index in [-0.39, 0.29) is 12.0 Å². The van der Waals surface area contributed by atoms with Crippen LogP contribution in [0, 0.1) is 5.41 Å². The summed E-state index contributed by atoms with van der Waals surface area (Å²) in [5, 5.41) is 11.9. The van der Waals surface area contributed by atoms with Gasteiger partial charge in [-0.1, -0.05) is 62.4 Å². The fourth-order valence-electron chi connectivity index (χ4n) is 3.77. The molecule has 2 heterocycles. The number of benzene rings is 1. The number of nitrogens with two attached hydrogens (primary N) is 1. The Morgan fingerprint density at radius 1 is 1.26 bits per heavy atom. The summed E-state index contributed by atoms with van der Waals surface area (Å²) < 4.78 is 5.50. The van der Waals surface area contributed by atoms with Crippen LogP contribution in [0.25, 0.3) is 11.4 Å². The standard InChI is InChI=1S/C21H31N5O/c1-2-3-4-5-6-7-10-16-11-8-12-17(15-16)19-24-20(27-25-19)18-13-9-14-26(18)21(22)23/h8,11-12,15,18H,2-7,9-10,13-14H2,1H3,(H3,22,23). The second-order valence-electron chi connectivity index (χ2n) is 7.41. The topological polar surface area (TPSA) is 92.0 Å². The Morgan fingerprint density at radius 3 is 2.89 bits per heavy atom. The molecule has 1 aromatic carbocycles. The molecule has 27 heavy (non-hydrogen) atoms. The molecule has 1 aliphatic heterocycles. The maximum atomic E-state index is 7.70. The van der Waals surface area contributed by atoms with E-state index in [0.29, 0.717) is 11.7 Å². The highest BCUT2D eigenvalue weighted by atomic mass is 16.5. The molecule has 146 valence electrons. The van der Waals surface area contributed by atoms with Gasteiger partial charge in [0.2, 0.25) is 11.7 Å². The van der Waals surface area contributed by atoms with Crippen LogP contribution in [0.1, 0.15) is 75.8 Å². The van der Waals surface area contributed by atoms with Crippen molar-refractivity contribution in [3.8, 4) is 11.4 Å². The summed E-state index contributed by atoms with van der Waals surface area (Å²) in [6.07, 6.45) is 10.8. The number of unbranched alkanes of at least 4 members (excludes halogenated alkanes) is 5. The zero-order valence-electron chi connectivity index (χ0n) is 16.3. The maximum Gasteiger partial charge on any atom is 0.249 e. The molecular weight excluding hydrogens is 338 g/mol. The summed E-state index contributed by atoms with van der Waals surface area (Å²) in [5.74, 6) is 1.24. The van der Waals surface area contributed by atoms with Gasteiger partial charge >= 0.3 is 0 Å². The average molecular weight is 370 g/mol. The molecule has 2 aromatic rings. The lowest BCUT2D eigenvalue weighted by molar-refractivity contribution is 0.283. The van der Waals surface area contributed by atoms with Crippen LogP contribution >= 0.6 is 0 Å². The Balaban J connectivity index is 1.60. The van der Waals surface area contributed by atoms with Crippen molar-refractivity contribution in [2.24, 2.45) is 5.73 Å². The molecule has 0 aliphatic carbocycles. The predicted octanol–water partition coefficient (Wildman–Crippen LogP) is 4.67. The molecule has 1 aliphatic rings. The number of aromatic nitrogens is 2. The Labute approximate surface area is 161 Å². The van der Waals surface area contributed by atoms with Crippen LogP contribution in [0.3, 0.4) is 0 Å². The number of nitrogens with one attached hydrogen (secondary N) is 1. The second-order valence-corrected chi connectivity index (χ2v) is 7.41. The molecular formula is C21H31N5O. The third-order valence-corrected chi connectivity index (χ3v) is 5.29. The van der Waals surface area contributed by atoms with E-state index in [4.69, 9.17) is 15.7 Å². The summed E-state index contributed by atoms with van der Waals surface area (Å²) in [6.45, 7) is 3.02. The molecule has 6 heteroatoms. The van der Waals surface area contributed by atoms with E-state index < -0.39 is 0 Å². The minimum Gasteiger partial charge on any atom is -0.370 e. The smallest absolute Gasteiger partial charge is 0.249 e. The van der Waals surface area contributed by atoms with Crippen molar-refractivity contribution in [1.29, 1.82) is 5.41 Å². The largest absolute Gasteiger partial charge is 0.370 e. The van der Waals surface area contributed by atoms with Gasteiger partial charge in [-0.2, -0.15) is 4.98 Å². The van der Waals surface area contributed by atoms with Crippen molar-refractivity contribution in [3.63, 3.8) is 0 Å². The lowest BCUT2D eigenvalue weighted by Gasteiger charge is -2.21. The van der Waals surface area contributed by atoms with Crippen molar-refractivity contribution >= 4 is 5.96 Å². The van der Waals surface area contributed by atoms with E-state index in [0.717, 1.165) is 31.4 Å². The second kappa shape index (κ2) is 9.53. The minimum absolute atomic E-state index is 0.0678. The van der Waals surface area contributed by atoms with Gasteiger partial charge in [0.15, 0.2) is 5.96 Å². The lowest BCUT2D eigenvalue weighted by Crippen LogP contribution is -2.35. The molecule has 1 atom stereocenters. The first kappa shape index (κ1) is 19.4. The third-order valence-electron chi connectivity index (χ3n) is 5.29. The Bertz CT molecular complexity index is 742. The van der Waals surface area contributed by atoms with E-state index in [9.17, 15) is 0 Å². The van der Waals surface area contributed by atoms with E-state index in [1.807, 2.05) is 11.0 Å². The van der Waals surface area contributed by atoms with Crippen LogP contribution in [0.2, 0.25) is 0 Å². The molecule has 0 radical (unpaired) electrons. The highest BCUT2D eigenvalue weighted by Gasteiger charge is 2.31. The fraction of sp³-hybridized carbons (Fsp3) is 0.571. The van der Waals surface area contributed by atoms with Gasteiger partial charge in [-0.25, -0.2) is 0 Å². The van der Waals surface area contributed by atoms with Crippen molar-refractivity contribution in [2.75, 3.05) is 6.54 Å². The van der Waals surface area contributed by atoms with Crippen LogP contribution in [0.5, 0.6) is 0 Å². The van der Waals surface area contributed by atoms with Crippen molar-refractivity contribution < 1.29 is 4.52 Å². The molecule has 1 fully saturated rings. The SMILES string of the molecule is CCCCCCCCc1cccc(-c2noc(C3CCCN3C(=N)N)n2)c1. The van der Waals surface area contributed by atoms with E-state index in [1.54, 1.807) is 0 Å². The van der Waals surface area contributed by atoms with Crippen LogP contribution in [-0.4, -0.2) is 27.5 Å². The molecule has 1 unspecified atom stereocenters. The van der Waals surface area contributed by atoms with E-state index in [1.165, 1.54) is 44.1 Å². The molecule has 0 amide bonds. The quantitative estimate of drug-likeness (QED) is 0.381. The minimum atomic E-state index is -0.0740. The molecule has 1 saturated heterocycles. The molecule has 0 saturated carbocycles. The Kier molecular flexibility index (Phi) is 6.85. The number of hydrogen-bond acceptors (Lipinski definition) is 4. The van der Waals surface area contributed by atoms with Crippen molar-refractivity contribution in [1.82, 2.24) is 15.0 Å². The van der Waals surface area contributed by atoms with Gasteiger partial charge in [-0.3, -0.25) is 5.41 Å². The number of aryl methyl sites for hydroxylation is 1. The summed E-state index contributed by atoms with van der Waals surface area (Å²) >= 11 is 0. The summed E-state index contributed by atoms with van der Waals surface area (Å²) in [7, 11) is 0. The number of likely N-dealkylation sites (tertiary alicyclic amines) is 1. The Morgan fingerprint density at radius 2 is 2.07 bits per heavy atom. The van der Waals surface area contributed by atoms with Gasteiger partial charge in [0.05, 0.1) is 0 Å². The Hall–Kier alpha value is -2.37. The number of rotatable bonds is 9. The maximum absolute atomic E-state index is 7.70. The van der Waals surface area contributed by atoms with Gasteiger partial charge < -0.3 is 15.2 Å². The van der Waals surface area contributed by atoms with E-state index in [2.05, 4.69) is 35.3 Å². The lowest BCUT2D eigenvalue weighted by atomic mass is 10.0. The number of nitrogens with zero attached hydrogens (tertiary/aromatic N) is 3. The number of guanidine groups is 1. The van der Waals surface area contributed by atoms with Crippen LogP contribution in [-0.2, 0) is 6.42 Å². The number of hydrogen-bond donors (Lipinski definition) is 2. The van der Waals surface area contributed by atoms with Crippen LogP contribution in [0.15, 0.2) is 28.8 Å². The van der Waals surface area contributed by atoms with Gasteiger partial charge in [0.25, 0.3) is 0 Å². The van der Waals surface area contributed by atoms with Crippen molar-refractivity contribution in [3.05, 3.63) is 35.7 Å². The first-order valence-electron chi connectivity index (χ1n) is 10.2.